The third-order valence-corrected chi connectivity index (χ3v) is 6.27. The van der Waals surface area contributed by atoms with Crippen molar-refractivity contribution in [2.45, 2.75) is 33.7 Å². The number of aromatic hydroxyl groups is 1. The number of aliphatic hydroxyl groups is 1. The lowest BCUT2D eigenvalue weighted by atomic mass is 9.94. The quantitative estimate of drug-likeness (QED) is 0.260. The van der Waals surface area contributed by atoms with Gasteiger partial charge in [0.1, 0.15) is 17.3 Å². The van der Waals surface area contributed by atoms with Crippen LogP contribution in [0.25, 0.3) is 5.76 Å². The highest BCUT2D eigenvalue weighted by Gasteiger charge is 2.47. The largest absolute Gasteiger partial charge is 0.507 e. The number of carbonyl (C=O) groups excluding carboxylic acids is 2. The number of aryl methyl sites for hydroxylation is 3. The summed E-state index contributed by atoms with van der Waals surface area (Å²) >= 11 is 6.19. The number of aliphatic hydroxyl groups excluding tert-OH is 1. The Morgan fingerprint density at radius 2 is 1.69 bits per heavy atom. The van der Waals surface area contributed by atoms with Crippen molar-refractivity contribution in [3.8, 4) is 11.5 Å². The average Bonchev–Trinajstić information content (AvgIpc) is 3.06. The molecule has 1 aliphatic heterocycles. The van der Waals surface area contributed by atoms with Crippen molar-refractivity contribution >= 4 is 34.7 Å². The minimum Gasteiger partial charge on any atom is -0.507 e. The van der Waals surface area contributed by atoms with Gasteiger partial charge in [-0.2, -0.15) is 0 Å². The van der Waals surface area contributed by atoms with Crippen LogP contribution in [-0.4, -0.2) is 28.5 Å². The van der Waals surface area contributed by atoms with Crippen LogP contribution in [0.15, 0.2) is 60.2 Å². The summed E-state index contributed by atoms with van der Waals surface area (Å²) in [5, 5.41) is 21.4. The number of phenolic OH excluding ortho intramolecular Hbond substituents is 1. The van der Waals surface area contributed by atoms with Gasteiger partial charge in [0.15, 0.2) is 0 Å². The molecule has 0 bridgehead atoms. The van der Waals surface area contributed by atoms with E-state index in [1.165, 1.54) is 17.0 Å². The Morgan fingerprint density at radius 1 is 1.00 bits per heavy atom. The number of carbonyl (C=O) groups is 2. The van der Waals surface area contributed by atoms with Gasteiger partial charge < -0.3 is 14.9 Å². The van der Waals surface area contributed by atoms with Gasteiger partial charge in [-0.05, 0) is 92.4 Å². The van der Waals surface area contributed by atoms with E-state index in [0.29, 0.717) is 29.2 Å². The lowest BCUT2D eigenvalue weighted by molar-refractivity contribution is -0.132. The topological polar surface area (TPSA) is 87.1 Å². The summed E-state index contributed by atoms with van der Waals surface area (Å²) in [5.41, 5.74) is 3.97. The van der Waals surface area contributed by atoms with Crippen LogP contribution in [-0.2, 0) is 9.59 Å². The molecule has 0 saturated carbocycles. The second-order valence-electron chi connectivity index (χ2n) is 8.64. The average molecular weight is 492 g/mol. The fourth-order valence-corrected chi connectivity index (χ4v) is 4.66. The van der Waals surface area contributed by atoms with Crippen molar-refractivity contribution in [2.24, 2.45) is 0 Å². The molecular formula is C28H26ClNO5. The van der Waals surface area contributed by atoms with Crippen molar-refractivity contribution < 1.29 is 24.5 Å². The number of ether oxygens (including phenoxy) is 1. The molecule has 3 aromatic rings. The number of anilines is 1. The molecule has 1 saturated heterocycles. The summed E-state index contributed by atoms with van der Waals surface area (Å²) in [6.07, 6.45) is 0. The molecule has 1 aliphatic rings. The minimum absolute atomic E-state index is 0.0560. The van der Waals surface area contributed by atoms with Crippen molar-refractivity contribution in [1.82, 2.24) is 0 Å². The standard InChI is InChI=1S/C28H26ClNO5/c1-5-35-23-9-7-19(13-17(23)4)26(32)24-25(18-6-8-22(31)21(29)14-18)30(28(34)27(24)33)20-11-15(2)10-16(3)12-20/h6-14,25,31-32H,5H2,1-4H3/b26-24-. The predicted molar refractivity (Wildman–Crippen MR) is 136 cm³/mol. The number of halogens is 1. The molecule has 180 valence electrons. The Morgan fingerprint density at radius 3 is 2.29 bits per heavy atom. The number of amides is 1. The maximum absolute atomic E-state index is 13.3. The Kier molecular flexibility index (Phi) is 6.59. The highest BCUT2D eigenvalue weighted by molar-refractivity contribution is 6.51. The Bertz CT molecular complexity index is 1360. The predicted octanol–water partition coefficient (Wildman–Crippen LogP) is 6.00. The van der Waals surface area contributed by atoms with Gasteiger partial charge in [-0.15, -0.1) is 0 Å². The van der Waals surface area contributed by atoms with Crippen molar-refractivity contribution in [1.29, 1.82) is 0 Å². The van der Waals surface area contributed by atoms with E-state index in [0.717, 1.165) is 16.7 Å². The Balaban J connectivity index is 1.95. The molecule has 1 unspecified atom stereocenters. The van der Waals surface area contributed by atoms with Gasteiger partial charge in [0, 0.05) is 11.3 Å². The lowest BCUT2D eigenvalue weighted by Crippen LogP contribution is -2.29. The molecule has 3 aromatic carbocycles. The first kappa shape index (κ1) is 24.4. The second-order valence-corrected chi connectivity index (χ2v) is 9.05. The van der Waals surface area contributed by atoms with Crippen LogP contribution in [0.5, 0.6) is 11.5 Å². The molecule has 1 amide bonds. The summed E-state index contributed by atoms with van der Waals surface area (Å²) < 4.78 is 5.58. The number of benzene rings is 3. The monoisotopic (exact) mass is 491 g/mol. The third kappa shape index (κ3) is 4.49. The van der Waals surface area contributed by atoms with Crippen molar-refractivity contribution in [2.75, 3.05) is 11.5 Å². The van der Waals surface area contributed by atoms with E-state index in [9.17, 15) is 19.8 Å². The number of phenols is 1. The first-order chi connectivity index (χ1) is 16.6. The number of hydrogen-bond donors (Lipinski definition) is 2. The van der Waals surface area contributed by atoms with Crippen LogP contribution < -0.4 is 9.64 Å². The number of hydrogen-bond acceptors (Lipinski definition) is 5. The van der Waals surface area contributed by atoms with Gasteiger partial charge in [-0.1, -0.05) is 23.7 Å². The zero-order chi connectivity index (χ0) is 25.4. The molecule has 2 N–H and O–H groups in total. The lowest BCUT2D eigenvalue weighted by Gasteiger charge is -2.26. The smallest absolute Gasteiger partial charge is 0.300 e. The van der Waals surface area contributed by atoms with Gasteiger partial charge in [0.2, 0.25) is 0 Å². The highest BCUT2D eigenvalue weighted by atomic mass is 35.5. The van der Waals surface area contributed by atoms with Gasteiger partial charge in [-0.25, -0.2) is 0 Å². The van der Waals surface area contributed by atoms with Gasteiger partial charge in [0.25, 0.3) is 11.7 Å². The summed E-state index contributed by atoms with van der Waals surface area (Å²) in [6, 6.07) is 14.2. The van der Waals surface area contributed by atoms with E-state index >= 15 is 0 Å². The number of ketones is 1. The molecule has 35 heavy (non-hydrogen) atoms. The molecule has 0 aliphatic carbocycles. The molecule has 1 heterocycles. The third-order valence-electron chi connectivity index (χ3n) is 5.96. The van der Waals surface area contributed by atoms with Gasteiger partial charge in [0.05, 0.1) is 23.2 Å². The summed E-state index contributed by atoms with van der Waals surface area (Å²) in [7, 11) is 0. The molecular weight excluding hydrogens is 466 g/mol. The number of nitrogens with zero attached hydrogens (tertiary/aromatic N) is 1. The zero-order valence-corrected chi connectivity index (χ0v) is 20.7. The van der Waals surface area contributed by atoms with Crippen LogP contribution >= 0.6 is 11.6 Å². The zero-order valence-electron chi connectivity index (χ0n) is 19.9. The summed E-state index contributed by atoms with van der Waals surface area (Å²) in [4.78, 5) is 28.1. The molecule has 7 heteroatoms. The van der Waals surface area contributed by atoms with Crippen molar-refractivity contribution in [3.05, 3.63) is 93.0 Å². The Labute approximate surface area is 209 Å². The van der Waals surface area contributed by atoms with Gasteiger partial charge in [-0.3, -0.25) is 14.5 Å². The van der Waals surface area contributed by atoms with Crippen LogP contribution in [0.1, 0.15) is 40.8 Å². The SMILES string of the molecule is CCOc1ccc(/C(O)=C2/C(=O)C(=O)N(c3cc(C)cc(C)c3)C2c2ccc(O)c(Cl)c2)cc1C. The molecule has 4 rings (SSSR count). The van der Waals surface area contributed by atoms with E-state index in [2.05, 4.69) is 0 Å². The van der Waals surface area contributed by atoms with E-state index in [4.69, 9.17) is 16.3 Å². The molecule has 6 nitrogen and oxygen atoms in total. The second kappa shape index (κ2) is 9.47. The van der Waals surface area contributed by atoms with E-state index in [1.54, 1.807) is 24.3 Å². The maximum Gasteiger partial charge on any atom is 0.300 e. The first-order valence-electron chi connectivity index (χ1n) is 11.2. The van der Waals surface area contributed by atoms with Gasteiger partial charge >= 0.3 is 0 Å². The van der Waals surface area contributed by atoms with Crippen LogP contribution in [0.4, 0.5) is 5.69 Å². The minimum atomic E-state index is -0.943. The maximum atomic E-state index is 13.3. The molecule has 1 fully saturated rings. The fourth-order valence-electron chi connectivity index (χ4n) is 4.47. The van der Waals surface area contributed by atoms with E-state index in [1.807, 2.05) is 45.9 Å². The summed E-state index contributed by atoms with van der Waals surface area (Å²) in [6.45, 7) is 8.02. The fraction of sp³-hybridized carbons (Fsp3) is 0.214. The van der Waals surface area contributed by atoms with Crippen molar-refractivity contribution in [3.63, 3.8) is 0 Å². The molecule has 0 radical (unpaired) electrons. The van der Waals surface area contributed by atoms with E-state index in [-0.39, 0.29) is 22.1 Å². The molecule has 0 aromatic heterocycles. The van der Waals surface area contributed by atoms with Crippen LogP contribution in [0, 0.1) is 20.8 Å². The van der Waals surface area contributed by atoms with Crippen LogP contribution in [0.2, 0.25) is 5.02 Å². The Hall–Kier alpha value is -3.77. The summed E-state index contributed by atoms with van der Waals surface area (Å²) in [5.74, 6) is -1.31. The molecule has 1 atom stereocenters. The number of rotatable bonds is 5. The van der Waals surface area contributed by atoms with E-state index < -0.39 is 17.7 Å². The van der Waals surface area contributed by atoms with Crippen LogP contribution in [0.3, 0.4) is 0 Å². The number of Topliss-reactive ketones (excluding diaryl/α,β-unsaturated/α-hetero) is 1. The first-order valence-corrected chi connectivity index (χ1v) is 11.6. The molecule has 0 spiro atoms. The highest BCUT2D eigenvalue weighted by Crippen LogP contribution is 2.44. The normalized spacial score (nSPS) is 17.2.